The minimum Gasteiger partial charge on any atom is -0.371 e. The highest BCUT2D eigenvalue weighted by Gasteiger charge is 2.55. The molecule has 3 atom stereocenters. The summed E-state index contributed by atoms with van der Waals surface area (Å²) in [5.41, 5.74) is 2.54. The van der Waals surface area contributed by atoms with E-state index in [1.165, 1.54) is 14.5 Å². The Labute approximate surface area is 191 Å². The first-order valence-corrected chi connectivity index (χ1v) is 11.8. The van der Waals surface area contributed by atoms with Crippen LogP contribution in [-0.4, -0.2) is 76.8 Å². The summed E-state index contributed by atoms with van der Waals surface area (Å²) < 4.78 is 44.1. The molecular formula is C20H27N5O7S. The Bertz CT molecular complexity index is 1140. The maximum Gasteiger partial charge on any atom is 0.418 e. The predicted octanol–water partition coefficient (Wildman–Crippen LogP) is 1.12. The van der Waals surface area contributed by atoms with Crippen LogP contribution in [0.15, 0.2) is 23.8 Å². The number of likely N-dealkylation sites (N-methyl/N-ethyl adjacent to an activating group) is 1. The molecule has 3 unspecified atom stereocenters. The minimum absolute atomic E-state index is 0.00270. The van der Waals surface area contributed by atoms with Crippen LogP contribution in [-0.2, 0) is 37.9 Å². The molecule has 1 saturated heterocycles. The lowest BCUT2D eigenvalue weighted by Crippen LogP contribution is -2.44. The summed E-state index contributed by atoms with van der Waals surface area (Å²) in [6.07, 6.45) is 7.04. The van der Waals surface area contributed by atoms with Crippen molar-refractivity contribution in [2.75, 3.05) is 27.2 Å². The molecule has 1 aromatic rings. The van der Waals surface area contributed by atoms with Gasteiger partial charge in [-0.25, -0.2) is 4.79 Å². The maximum absolute atomic E-state index is 13.0. The van der Waals surface area contributed by atoms with Crippen LogP contribution in [0.25, 0.3) is 0 Å². The molecule has 3 heterocycles. The zero-order valence-corrected chi connectivity index (χ0v) is 19.7. The molecule has 33 heavy (non-hydrogen) atoms. The van der Waals surface area contributed by atoms with E-state index in [1.807, 2.05) is 12.2 Å². The largest absolute Gasteiger partial charge is 0.418 e. The van der Waals surface area contributed by atoms with E-state index in [-0.39, 0.29) is 19.1 Å². The fourth-order valence-electron chi connectivity index (χ4n) is 4.50. The standard InChI is InChI=1S/C20H27N5O7S/c1-12-7-5-6-8-13(12)10-31-11-14-16-15-9-24(20(27)25(15)32-33(28,29)30)18(19(26)22(2)3)17(16)23(4)21-14/h5-6,8,12,15,18H,7,9-11H2,1-4H3,(H,28,29,30). The van der Waals surface area contributed by atoms with Gasteiger partial charge in [-0.1, -0.05) is 25.2 Å². The summed E-state index contributed by atoms with van der Waals surface area (Å²) in [4.78, 5) is 28.5. The Balaban J connectivity index is 1.69. The second-order valence-corrected chi connectivity index (χ2v) is 9.59. The molecule has 0 spiro atoms. The van der Waals surface area contributed by atoms with Gasteiger partial charge in [-0.3, -0.25) is 14.0 Å². The first kappa shape index (κ1) is 23.4. The molecule has 2 bridgehead atoms. The molecule has 4 rings (SSSR count). The summed E-state index contributed by atoms with van der Waals surface area (Å²) in [5.74, 6) is -0.0189. The van der Waals surface area contributed by atoms with Crippen molar-refractivity contribution >= 4 is 22.3 Å². The Morgan fingerprint density at radius 1 is 1.33 bits per heavy atom. The van der Waals surface area contributed by atoms with Crippen molar-refractivity contribution in [3.05, 3.63) is 40.8 Å². The van der Waals surface area contributed by atoms with E-state index in [2.05, 4.69) is 22.4 Å². The van der Waals surface area contributed by atoms with E-state index in [9.17, 15) is 22.6 Å². The molecule has 0 radical (unpaired) electrons. The molecule has 3 aliphatic rings. The highest BCUT2D eigenvalue weighted by atomic mass is 32.3. The molecule has 1 fully saturated rings. The first-order chi connectivity index (χ1) is 15.5. The summed E-state index contributed by atoms with van der Waals surface area (Å²) in [7, 11) is -0.188. The third-order valence-corrected chi connectivity index (χ3v) is 6.47. The van der Waals surface area contributed by atoms with Crippen molar-refractivity contribution in [2.24, 2.45) is 13.0 Å². The lowest BCUT2D eigenvalue weighted by atomic mass is 9.94. The van der Waals surface area contributed by atoms with E-state index in [0.717, 1.165) is 12.0 Å². The molecule has 1 aliphatic carbocycles. The first-order valence-electron chi connectivity index (χ1n) is 10.5. The third kappa shape index (κ3) is 4.28. The Morgan fingerprint density at radius 2 is 2.06 bits per heavy atom. The van der Waals surface area contributed by atoms with Crippen LogP contribution in [0.4, 0.5) is 4.79 Å². The van der Waals surface area contributed by atoms with Crippen molar-refractivity contribution in [3.8, 4) is 0 Å². The van der Waals surface area contributed by atoms with Gasteiger partial charge in [0, 0.05) is 26.7 Å². The van der Waals surface area contributed by atoms with Crippen LogP contribution in [0, 0.1) is 5.92 Å². The SMILES string of the molecule is CC1CC=CC=C1COCc1nn(C)c2c1C1CN(C(=O)N1OS(=O)(=O)O)C2C(=O)N(C)C. The van der Waals surface area contributed by atoms with E-state index < -0.39 is 28.5 Å². The van der Waals surface area contributed by atoms with Crippen LogP contribution >= 0.6 is 0 Å². The highest BCUT2D eigenvalue weighted by molar-refractivity contribution is 7.80. The van der Waals surface area contributed by atoms with Gasteiger partial charge in [0.05, 0.1) is 31.1 Å². The lowest BCUT2D eigenvalue weighted by molar-refractivity contribution is -0.134. The molecule has 12 nitrogen and oxygen atoms in total. The third-order valence-electron chi connectivity index (χ3n) is 6.12. The molecule has 1 aromatic heterocycles. The van der Waals surface area contributed by atoms with Gasteiger partial charge in [0.15, 0.2) is 6.04 Å². The van der Waals surface area contributed by atoms with Gasteiger partial charge in [0.25, 0.3) is 5.91 Å². The number of rotatable bonds is 7. The number of carbonyl (C=O) groups excluding carboxylic acids is 2. The number of hydroxylamine groups is 2. The molecule has 3 amide bonds. The van der Waals surface area contributed by atoms with Crippen molar-refractivity contribution in [1.29, 1.82) is 0 Å². The predicted molar refractivity (Wildman–Crippen MR) is 115 cm³/mol. The quantitative estimate of drug-likeness (QED) is 0.573. The van der Waals surface area contributed by atoms with Crippen LogP contribution in [0.2, 0.25) is 0 Å². The Hall–Kier alpha value is -2.74. The van der Waals surface area contributed by atoms with Crippen molar-refractivity contribution in [2.45, 2.75) is 32.0 Å². The maximum atomic E-state index is 13.0. The highest BCUT2D eigenvalue weighted by Crippen LogP contribution is 2.46. The second-order valence-electron chi connectivity index (χ2n) is 8.58. The van der Waals surface area contributed by atoms with E-state index in [1.54, 1.807) is 21.1 Å². The number of nitrogens with zero attached hydrogens (tertiary/aromatic N) is 5. The van der Waals surface area contributed by atoms with Gasteiger partial charge in [0.2, 0.25) is 0 Å². The van der Waals surface area contributed by atoms with Gasteiger partial charge in [-0.05, 0) is 17.9 Å². The van der Waals surface area contributed by atoms with E-state index in [0.29, 0.717) is 34.5 Å². The zero-order chi connectivity index (χ0) is 24.1. The molecular weight excluding hydrogens is 454 g/mol. The molecule has 2 aliphatic heterocycles. The number of allylic oxidation sites excluding steroid dienone is 3. The fraction of sp³-hybridized carbons (Fsp3) is 0.550. The second kappa shape index (κ2) is 8.56. The fourth-order valence-corrected chi connectivity index (χ4v) is 4.87. The van der Waals surface area contributed by atoms with Crippen LogP contribution < -0.4 is 0 Å². The number of aromatic nitrogens is 2. The monoisotopic (exact) mass is 481 g/mol. The normalized spacial score (nSPS) is 24.2. The molecule has 0 saturated carbocycles. The zero-order valence-electron chi connectivity index (χ0n) is 18.8. The number of hydrogen-bond donors (Lipinski definition) is 1. The van der Waals surface area contributed by atoms with Gasteiger partial charge in [-0.15, -0.1) is 4.28 Å². The number of fused-ring (bicyclic) bond motifs is 4. The average molecular weight is 482 g/mol. The number of ether oxygens (including phenoxy) is 1. The summed E-state index contributed by atoms with van der Waals surface area (Å²) in [6.45, 7) is 2.58. The number of hydrogen-bond acceptors (Lipinski definition) is 7. The average Bonchev–Trinajstić information content (AvgIpc) is 3.19. The molecule has 0 aromatic carbocycles. The number of aryl methyl sites for hydroxylation is 1. The van der Waals surface area contributed by atoms with Gasteiger partial charge < -0.3 is 14.5 Å². The smallest absolute Gasteiger partial charge is 0.371 e. The van der Waals surface area contributed by atoms with Crippen molar-refractivity contribution in [3.63, 3.8) is 0 Å². The Morgan fingerprint density at radius 3 is 2.70 bits per heavy atom. The lowest BCUT2D eigenvalue weighted by Gasteiger charge is -2.32. The topological polar surface area (TPSA) is 135 Å². The van der Waals surface area contributed by atoms with Gasteiger partial charge in [0.1, 0.15) is 6.04 Å². The number of carbonyl (C=O) groups is 2. The number of amides is 3. The molecule has 180 valence electrons. The van der Waals surface area contributed by atoms with Crippen molar-refractivity contribution < 1.29 is 31.6 Å². The van der Waals surface area contributed by atoms with Crippen LogP contribution in [0.3, 0.4) is 0 Å². The van der Waals surface area contributed by atoms with Crippen LogP contribution in [0.1, 0.15) is 42.4 Å². The van der Waals surface area contributed by atoms with Crippen molar-refractivity contribution in [1.82, 2.24) is 24.6 Å². The van der Waals surface area contributed by atoms with Gasteiger partial charge in [-0.2, -0.15) is 18.6 Å². The summed E-state index contributed by atoms with van der Waals surface area (Å²) in [5, 5.41) is 5.10. The molecule has 13 heteroatoms. The summed E-state index contributed by atoms with van der Waals surface area (Å²) in [6, 6.07) is -2.75. The number of urea groups is 1. The van der Waals surface area contributed by atoms with E-state index >= 15 is 0 Å². The molecule has 1 N–H and O–H groups in total. The Kier molecular flexibility index (Phi) is 6.07. The van der Waals surface area contributed by atoms with Gasteiger partial charge >= 0.3 is 16.4 Å². The van der Waals surface area contributed by atoms with Crippen LogP contribution in [0.5, 0.6) is 0 Å². The summed E-state index contributed by atoms with van der Waals surface area (Å²) >= 11 is 0. The minimum atomic E-state index is -4.97. The van der Waals surface area contributed by atoms with E-state index in [4.69, 9.17) is 4.74 Å².